The molecule has 0 aliphatic heterocycles. The number of ether oxygens (including phenoxy) is 2. The van der Waals surface area contributed by atoms with Crippen molar-refractivity contribution in [2.45, 2.75) is 113 Å². The van der Waals surface area contributed by atoms with E-state index >= 15 is 0 Å². The van der Waals surface area contributed by atoms with Gasteiger partial charge in [0, 0.05) is 5.92 Å². The summed E-state index contributed by atoms with van der Waals surface area (Å²) < 4.78 is 111. The van der Waals surface area contributed by atoms with Gasteiger partial charge >= 0.3 is 12.4 Å². The monoisotopic (exact) mass is 514 g/mol. The highest BCUT2D eigenvalue weighted by Gasteiger charge is 2.56. The lowest BCUT2D eigenvalue weighted by molar-refractivity contribution is -0.485. The van der Waals surface area contributed by atoms with Crippen LogP contribution in [0.1, 0.15) is 95.0 Å². The largest absolute Gasteiger partial charge is 0.490 e. The van der Waals surface area contributed by atoms with E-state index in [0.717, 1.165) is 0 Å². The fourth-order valence-corrected chi connectivity index (χ4v) is 0.584. The van der Waals surface area contributed by atoms with E-state index in [9.17, 15) is 39.5 Å². The molecule has 0 saturated heterocycles. The third-order valence-electron chi connectivity index (χ3n) is 1.74. The van der Waals surface area contributed by atoms with Crippen molar-refractivity contribution in [1.82, 2.24) is 0 Å². The van der Waals surface area contributed by atoms with Gasteiger partial charge in [-0.15, -0.1) is 8.78 Å². The maximum atomic E-state index is 12.8. The van der Waals surface area contributed by atoms with Gasteiger partial charge in [-0.05, 0) is 13.8 Å². The predicted molar refractivity (Wildman–Crippen MR) is 129 cm³/mol. The second-order valence-corrected chi connectivity index (χ2v) is 4.23. The predicted octanol–water partition coefficient (Wildman–Crippen LogP) is 11.3. The maximum absolute atomic E-state index is 12.8. The second-order valence-electron chi connectivity index (χ2n) is 4.23. The molecule has 0 spiro atoms. The zero-order valence-corrected chi connectivity index (χ0v) is 12.4. The Bertz CT molecular complexity index is 264. The Hall–Kier alpha value is -0.710. The lowest BCUT2D eigenvalue weighted by Gasteiger charge is -2.29. The fourth-order valence-electron chi connectivity index (χ4n) is 0.584. The van der Waals surface area contributed by atoms with Gasteiger partial charge in [0.15, 0.2) is 5.67 Å². The molecule has 11 heteroatoms. The highest BCUT2D eigenvalue weighted by molar-refractivity contribution is 4.77. The summed E-state index contributed by atoms with van der Waals surface area (Å²) in [6.45, 7) is -1.54. The molecule has 0 N–H and O–H groups in total. The van der Waals surface area contributed by atoms with E-state index in [4.69, 9.17) is 0 Å². The molecule has 0 fully saturated rings. The minimum absolute atomic E-state index is 0. The SMILES string of the molecule is C.C.C.C.C.C.C.C.C.C.CC(CF)COC(F)(F)OC(F)(F)C(C)(C)F.CF.FCF. The summed E-state index contributed by atoms with van der Waals surface area (Å²) >= 11 is 0. The zero-order valence-electron chi connectivity index (χ0n) is 12.4. The van der Waals surface area contributed by atoms with Gasteiger partial charge in [0.05, 0.1) is 20.5 Å². The molecule has 0 radical (unpaired) electrons. The van der Waals surface area contributed by atoms with Crippen molar-refractivity contribution in [1.29, 1.82) is 0 Å². The Labute approximate surface area is 196 Å². The van der Waals surface area contributed by atoms with Crippen molar-refractivity contribution in [3.63, 3.8) is 0 Å². The van der Waals surface area contributed by atoms with Crippen LogP contribution in [-0.4, -0.2) is 45.5 Å². The van der Waals surface area contributed by atoms with Crippen molar-refractivity contribution in [2.24, 2.45) is 5.92 Å². The van der Waals surface area contributed by atoms with E-state index in [1.807, 2.05) is 0 Å². The summed E-state index contributed by atoms with van der Waals surface area (Å²) in [6, 6.07) is 0. The average molecular weight is 515 g/mol. The van der Waals surface area contributed by atoms with Gasteiger partial charge in [0.25, 0.3) is 0 Å². The Morgan fingerprint density at radius 1 is 0.656 bits per heavy atom. The fraction of sp³-hybridized carbons (Fsp3) is 1.00. The molecular formula is C21H59F9O2. The summed E-state index contributed by atoms with van der Waals surface area (Å²) in [7, 11) is 0.500. The van der Waals surface area contributed by atoms with E-state index < -0.39 is 44.2 Å². The van der Waals surface area contributed by atoms with Crippen molar-refractivity contribution in [3.8, 4) is 0 Å². The highest BCUT2D eigenvalue weighted by Crippen LogP contribution is 2.38. The lowest BCUT2D eigenvalue weighted by Crippen LogP contribution is -2.47. The second kappa shape index (κ2) is 40.6. The van der Waals surface area contributed by atoms with Crippen LogP contribution >= 0.6 is 0 Å². The first kappa shape index (κ1) is 85.8. The maximum Gasteiger partial charge on any atom is 0.490 e. The van der Waals surface area contributed by atoms with Gasteiger partial charge in [0.2, 0.25) is 6.93 Å². The number of hydrogen-bond donors (Lipinski definition) is 0. The van der Waals surface area contributed by atoms with Crippen molar-refractivity contribution in [2.75, 3.05) is 27.4 Å². The van der Waals surface area contributed by atoms with Crippen molar-refractivity contribution in [3.05, 3.63) is 0 Å². The van der Waals surface area contributed by atoms with Gasteiger partial charge in [-0.1, -0.05) is 81.2 Å². The topological polar surface area (TPSA) is 18.5 Å². The van der Waals surface area contributed by atoms with Crippen LogP contribution in [0.4, 0.5) is 39.5 Å². The quantitative estimate of drug-likeness (QED) is 0.248. The summed E-state index contributed by atoms with van der Waals surface area (Å²) in [5.74, 6) is -0.906. The molecule has 0 aromatic rings. The van der Waals surface area contributed by atoms with E-state index in [2.05, 4.69) is 9.47 Å². The summed E-state index contributed by atoms with van der Waals surface area (Å²) in [4.78, 5) is 0. The third kappa shape index (κ3) is 47.2. The Kier molecular flexibility index (Phi) is 109. The number of halogens is 9. The molecule has 0 aromatic carbocycles. The smallest absolute Gasteiger partial charge is 0.295 e. The minimum atomic E-state index is -4.73. The van der Waals surface area contributed by atoms with Crippen LogP contribution in [0.2, 0.25) is 0 Å². The Morgan fingerprint density at radius 2 is 0.906 bits per heavy atom. The van der Waals surface area contributed by atoms with Crippen LogP contribution in [0.5, 0.6) is 0 Å². The van der Waals surface area contributed by atoms with E-state index in [0.29, 0.717) is 21.0 Å². The first-order chi connectivity index (χ1) is 9.83. The molecule has 0 amide bonds. The molecular weight excluding hydrogens is 455 g/mol. The molecule has 1 unspecified atom stereocenters. The Balaban J connectivity index is -0.0000000202. The van der Waals surface area contributed by atoms with E-state index in [-0.39, 0.29) is 74.3 Å². The van der Waals surface area contributed by atoms with E-state index in [1.165, 1.54) is 6.92 Å². The average Bonchev–Trinajstić information content (AvgIpc) is 2.37. The molecule has 0 heterocycles. The van der Waals surface area contributed by atoms with Gasteiger partial charge < -0.3 is 0 Å². The third-order valence-corrected chi connectivity index (χ3v) is 1.74. The molecule has 32 heavy (non-hydrogen) atoms. The molecule has 0 bridgehead atoms. The minimum Gasteiger partial charge on any atom is -0.295 e. The first-order valence-electron chi connectivity index (χ1n) is 5.67. The van der Waals surface area contributed by atoms with Crippen LogP contribution in [0, 0.1) is 5.92 Å². The van der Waals surface area contributed by atoms with Crippen LogP contribution in [0.25, 0.3) is 0 Å². The number of hydrogen-bond acceptors (Lipinski definition) is 2. The molecule has 1 atom stereocenters. The number of alkyl halides is 9. The van der Waals surface area contributed by atoms with Crippen molar-refractivity contribution >= 4 is 0 Å². The molecule has 0 saturated carbocycles. The van der Waals surface area contributed by atoms with Gasteiger partial charge in [-0.2, -0.15) is 8.78 Å². The molecule has 0 aliphatic rings. The van der Waals surface area contributed by atoms with Gasteiger partial charge in [0.1, 0.15) is 0 Å². The highest BCUT2D eigenvalue weighted by atomic mass is 19.3. The molecule has 0 aromatic heterocycles. The molecule has 0 aliphatic carbocycles. The Morgan fingerprint density at radius 3 is 1.09 bits per heavy atom. The summed E-state index contributed by atoms with van der Waals surface area (Å²) in [6.07, 6.45) is -9.41. The van der Waals surface area contributed by atoms with Crippen LogP contribution in [-0.2, 0) is 9.47 Å². The van der Waals surface area contributed by atoms with Crippen LogP contribution < -0.4 is 0 Å². The summed E-state index contributed by atoms with van der Waals surface area (Å²) in [5.41, 5.74) is -3.30. The van der Waals surface area contributed by atoms with Crippen molar-refractivity contribution < 1.29 is 49.0 Å². The zero-order chi connectivity index (χ0) is 18.6. The van der Waals surface area contributed by atoms with Gasteiger partial charge in [-0.3, -0.25) is 13.5 Å². The molecule has 2 nitrogen and oxygen atoms in total. The van der Waals surface area contributed by atoms with Gasteiger partial charge in [-0.25, -0.2) is 17.9 Å². The van der Waals surface area contributed by atoms with Crippen LogP contribution in [0.3, 0.4) is 0 Å². The first-order valence-corrected chi connectivity index (χ1v) is 5.67. The lowest BCUT2D eigenvalue weighted by atomic mass is 10.1. The summed E-state index contributed by atoms with van der Waals surface area (Å²) in [5, 5.41) is 0. The standard InChI is InChI=1S/C9H14F6O2.CH2F2.CH3F.10CH4/c1-6(4-10)5-16-9(14,15)17-8(12,13)7(2,3)11;2-1-3;1-2;;;;;;;;;;/h6H,4-5H2,1-3H3;1H2;1H3;10*1H4. The normalized spacial score (nSPS) is 9.28. The number of rotatable bonds is 7. The van der Waals surface area contributed by atoms with Crippen LogP contribution in [0.15, 0.2) is 0 Å². The molecule has 218 valence electrons. The van der Waals surface area contributed by atoms with E-state index in [1.54, 1.807) is 0 Å². The molecule has 0 rings (SSSR count).